The number of benzene rings is 1. The van der Waals surface area contributed by atoms with Gasteiger partial charge in [-0.2, -0.15) is 0 Å². The van der Waals surface area contributed by atoms with E-state index < -0.39 is 9.05 Å². The Balaban J connectivity index is 2.60. The molecule has 0 fully saturated rings. The Morgan fingerprint density at radius 2 is 1.94 bits per heavy atom. The molecule has 3 nitrogen and oxygen atoms in total. The Labute approximate surface area is 107 Å². The zero-order valence-corrected chi connectivity index (χ0v) is 10.8. The molecule has 1 aliphatic rings. The molecule has 1 heterocycles. The highest BCUT2D eigenvalue weighted by molar-refractivity contribution is 8.17. The third-order valence-electron chi connectivity index (χ3n) is 2.03. The molecule has 0 radical (unpaired) electrons. The molecule has 0 aromatic heterocycles. The summed E-state index contributed by atoms with van der Waals surface area (Å²) in [5, 5.41) is 0.738. The summed E-state index contributed by atoms with van der Waals surface area (Å²) in [5.74, 6) is 0.412. The second-order valence-corrected chi connectivity index (χ2v) is 6.61. The van der Waals surface area contributed by atoms with Crippen LogP contribution in [0.3, 0.4) is 0 Å². The maximum absolute atomic E-state index is 11.1. The zero-order chi connectivity index (χ0) is 11.9. The minimum Gasteiger partial charge on any atom is -0.486 e. The lowest BCUT2D eigenvalue weighted by Crippen LogP contribution is -2.12. The van der Waals surface area contributed by atoms with E-state index in [1.807, 2.05) is 0 Å². The third-order valence-corrected chi connectivity index (χ3v) is 3.98. The van der Waals surface area contributed by atoms with Gasteiger partial charge in [-0.15, -0.1) is 0 Å². The summed E-state index contributed by atoms with van der Waals surface area (Å²) in [6.07, 6.45) is 1.40. The summed E-state index contributed by atoms with van der Waals surface area (Å²) >= 11 is 11.7. The highest BCUT2D eigenvalue weighted by Gasteiger charge is 2.22. The lowest BCUT2D eigenvalue weighted by Gasteiger charge is -2.17. The van der Waals surface area contributed by atoms with Gasteiger partial charge in [0.05, 0.1) is 9.93 Å². The van der Waals surface area contributed by atoms with E-state index >= 15 is 0 Å². The fourth-order valence-corrected chi connectivity index (χ4v) is 2.64. The van der Waals surface area contributed by atoms with E-state index in [-0.39, 0.29) is 11.5 Å². The monoisotopic (exact) mass is 298 g/mol. The molecular weight excluding hydrogens is 295 g/mol. The Kier molecular flexibility index (Phi) is 3.09. The topological polar surface area (TPSA) is 43.4 Å². The fourth-order valence-electron chi connectivity index (χ4n) is 1.34. The number of hydrogen-bond donors (Lipinski definition) is 0. The molecule has 0 unspecified atom stereocenters. The highest BCUT2D eigenvalue weighted by Crippen LogP contribution is 2.37. The number of hydrogen-bond acceptors (Lipinski definition) is 3. The van der Waals surface area contributed by atoms with Gasteiger partial charge < -0.3 is 4.74 Å². The van der Waals surface area contributed by atoms with Crippen LogP contribution in [0.15, 0.2) is 17.0 Å². The molecule has 1 aromatic carbocycles. The molecule has 0 amide bonds. The van der Waals surface area contributed by atoms with Crippen LogP contribution < -0.4 is 4.74 Å². The van der Waals surface area contributed by atoms with Gasteiger partial charge >= 0.3 is 0 Å². The summed E-state index contributed by atoms with van der Waals surface area (Å²) in [6.45, 7) is -0.125. The molecule has 0 atom stereocenters. The van der Waals surface area contributed by atoms with Gasteiger partial charge in [-0.05, 0) is 18.2 Å². The SMILES string of the molecule is O=S(=O)(Cl)C1=Cc2cc(Cl)cc(Cl)c2OC1. The average Bonchev–Trinajstić information content (AvgIpc) is 2.15. The molecule has 0 saturated carbocycles. The van der Waals surface area contributed by atoms with Gasteiger partial charge in [0, 0.05) is 21.3 Å². The molecule has 2 rings (SSSR count). The summed E-state index contributed by atoms with van der Waals surface area (Å²) in [4.78, 5) is -0.0139. The van der Waals surface area contributed by atoms with Gasteiger partial charge in [-0.1, -0.05) is 23.2 Å². The van der Waals surface area contributed by atoms with E-state index in [4.69, 9.17) is 38.6 Å². The van der Waals surface area contributed by atoms with Crippen molar-refractivity contribution >= 4 is 49.0 Å². The van der Waals surface area contributed by atoms with Crippen LogP contribution >= 0.6 is 33.9 Å². The first-order valence-electron chi connectivity index (χ1n) is 4.15. The van der Waals surface area contributed by atoms with Crippen LogP contribution in [0.2, 0.25) is 10.0 Å². The van der Waals surface area contributed by atoms with E-state index in [0.29, 0.717) is 21.4 Å². The lowest BCUT2D eigenvalue weighted by molar-refractivity contribution is 0.354. The molecule has 1 aliphatic heterocycles. The van der Waals surface area contributed by atoms with E-state index in [0.717, 1.165) is 0 Å². The minimum atomic E-state index is -3.77. The molecule has 86 valence electrons. The van der Waals surface area contributed by atoms with Crippen molar-refractivity contribution < 1.29 is 13.2 Å². The van der Waals surface area contributed by atoms with Crippen molar-refractivity contribution in [1.82, 2.24) is 0 Å². The van der Waals surface area contributed by atoms with Crippen molar-refractivity contribution in [2.45, 2.75) is 0 Å². The van der Waals surface area contributed by atoms with E-state index in [9.17, 15) is 8.42 Å². The summed E-state index contributed by atoms with van der Waals surface area (Å²) < 4.78 is 27.5. The molecule has 7 heteroatoms. The first kappa shape index (κ1) is 12.0. The predicted molar refractivity (Wildman–Crippen MR) is 64.7 cm³/mol. The van der Waals surface area contributed by atoms with Crippen molar-refractivity contribution in [1.29, 1.82) is 0 Å². The average molecular weight is 300 g/mol. The van der Waals surface area contributed by atoms with Gasteiger partial charge in [-0.25, -0.2) is 8.42 Å². The largest absolute Gasteiger partial charge is 0.486 e. The summed E-state index contributed by atoms with van der Waals surface area (Å²) in [5.41, 5.74) is 0.503. The van der Waals surface area contributed by atoms with Crippen LogP contribution in [-0.2, 0) is 9.05 Å². The summed E-state index contributed by atoms with van der Waals surface area (Å²) in [6, 6.07) is 3.08. The first-order chi connectivity index (χ1) is 7.38. The van der Waals surface area contributed by atoms with Crippen molar-refractivity contribution in [3.05, 3.63) is 32.6 Å². The third kappa shape index (κ3) is 2.30. The van der Waals surface area contributed by atoms with Crippen molar-refractivity contribution in [2.24, 2.45) is 0 Å². The normalized spacial score (nSPS) is 15.1. The number of fused-ring (bicyclic) bond motifs is 1. The number of rotatable bonds is 1. The van der Waals surface area contributed by atoms with E-state index in [1.54, 1.807) is 6.07 Å². The van der Waals surface area contributed by atoms with Crippen LogP contribution in [0.25, 0.3) is 6.08 Å². The molecule has 1 aromatic rings. The Hall–Kier alpha value is -0.420. The van der Waals surface area contributed by atoms with Gasteiger partial charge in [-0.3, -0.25) is 0 Å². The second kappa shape index (κ2) is 4.11. The minimum absolute atomic E-state index is 0.0139. The predicted octanol–water partition coefficient (Wildman–Crippen LogP) is 3.30. The number of ether oxygens (including phenoxy) is 1. The molecule has 16 heavy (non-hydrogen) atoms. The van der Waals surface area contributed by atoms with Crippen LogP contribution in [0.4, 0.5) is 0 Å². The highest BCUT2D eigenvalue weighted by atomic mass is 35.7. The van der Waals surface area contributed by atoms with Crippen molar-refractivity contribution in [3.8, 4) is 5.75 Å². The number of halogens is 3. The molecule has 0 spiro atoms. The second-order valence-electron chi connectivity index (χ2n) is 3.14. The van der Waals surface area contributed by atoms with E-state index in [1.165, 1.54) is 12.1 Å². The standard InChI is InChI=1S/C9H5Cl3O3S/c10-6-1-5-2-7(16(12,13)14)4-15-9(5)8(11)3-6/h1-3H,4H2. The van der Waals surface area contributed by atoms with Crippen LogP contribution in [0, 0.1) is 0 Å². The maximum Gasteiger partial charge on any atom is 0.260 e. The van der Waals surface area contributed by atoms with Gasteiger partial charge in [0.15, 0.2) is 0 Å². The summed E-state index contributed by atoms with van der Waals surface area (Å²) in [7, 11) is 1.44. The molecule has 0 bridgehead atoms. The van der Waals surface area contributed by atoms with Gasteiger partial charge in [0.2, 0.25) is 0 Å². The van der Waals surface area contributed by atoms with Crippen LogP contribution in [0.5, 0.6) is 5.75 Å². The molecule has 0 aliphatic carbocycles. The Bertz CT molecular complexity index is 578. The van der Waals surface area contributed by atoms with Crippen LogP contribution in [-0.4, -0.2) is 15.0 Å². The van der Waals surface area contributed by atoms with Crippen molar-refractivity contribution in [3.63, 3.8) is 0 Å². The Morgan fingerprint density at radius 1 is 1.25 bits per heavy atom. The fraction of sp³-hybridized carbons (Fsp3) is 0.111. The van der Waals surface area contributed by atoms with E-state index in [2.05, 4.69) is 0 Å². The van der Waals surface area contributed by atoms with Crippen LogP contribution in [0.1, 0.15) is 5.56 Å². The Morgan fingerprint density at radius 3 is 2.56 bits per heavy atom. The smallest absolute Gasteiger partial charge is 0.260 e. The van der Waals surface area contributed by atoms with Gasteiger partial charge in [0.1, 0.15) is 12.4 Å². The first-order valence-corrected chi connectivity index (χ1v) is 7.21. The zero-order valence-electron chi connectivity index (χ0n) is 7.71. The van der Waals surface area contributed by atoms with Gasteiger partial charge in [0.25, 0.3) is 9.05 Å². The molecule has 0 N–H and O–H groups in total. The van der Waals surface area contributed by atoms with Crippen molar-refractivity contribution in [2.75, 3.05) is 6.61 Å². The maximum atomic E-state index is 11.1. The quantitative estimate of drug-likeness (QED) is 0.747. The molecular formula is C9H5Cl3O3S. The molecule has 0 saturated heterocycles. The lowest BCUT2D eigenvalue weighted by atomic mass is 10.1.